The van der Waals surface area contributed by atoms with Gasteiger partial charge in [0.15, 0.2) is 0 Å². The fourth-order valence-electron chi connectivity index (χ4n) is 3.43. The summed E-state index contributed by atoms with van der Waals surface area (Å²) in [5.74, 6) is -0.314. The Hall–Kier alpha value is -3.95. The lowest BCUT2D eigenvalue weighted by molar-refractivity contribution is -0.274. The Morgan fingerprint density at radius 2 is 1.56 bits per heavy atom. The van der Waals surface area contributed by atoms with Crippen LogP contribution in [0.2, 0.25) is 0 Å². The van der Waals surface area contributed by atoms with Crippen molar-refractivity contribution in [2.75, 3.05) is 6.61 Å². The van der Waals surface area contributed by atoms with Crippen molar-refractivity contribution in [3.8, 4) is 22.9 Å². The second-order valence-electron chi connectivity index (χ2n) is 8.47. The fourth-order valence-corrected chi connectivity index (χ4v) is 3.43. The van der Waals surface area contributed by atoms with Crippen LogP contribution in [0.25, 0.3) is 22.0 Å². The average molecular weight is 501 g/mol. The number of aromatic nitrogens is 4. The molecule has 0 radical (unpaired) electrons. The predicted octanol–water partition coefficient (Wildman–Crippen LogP) is 5.88. The summed E-state index contributed by atoms with van der Waals surface area (Å²) in [6.07, 6.45) is -0.0916. The Bertz CT molecular complexity index is 1340. The molecule has 2 heterocycles. The Morgan fingerprint density at radius 1 is 0.917 bits per heavy atom. The molecule has 0 aliphatic carbocycles. The minimum absolute atomic E-state index is 0.229. The smallest absolute Gasteiger partial charge is 0.463 e. The standard InChI is InChI=1S/C24H21F3N4O3.C2H6/c1-23(2,14-33-22-28-10-3-11-29-22)13-31-15-30-20-9-6-17(12-19(20)21(31)32)16-4-7-18(8-5-16)34-24(25,26)27;1-2/h3-12,15H,13-14H2,1-2H3;1-2H3. The molecule has 0 fully saturated rings. The molecule has 0 N–H and O–H groups in total. The van der Waals surface area contributed by atoms with Crippen LogP contribution < -0.4 is 15.0 Å². The highest BCUT2D eigenvalue weighted by atomic mass is 19.4. The predicted molar refractivity (Wildman–Crippen MR) is 131 cm³/mol. The van der Waals surface area contributed by atoms with Crippen molar-refractivity contribution >= 4 is 10.9 Å². The molecule has 4 rings (SSSR count). The van der Waals surface area contributed by atoms with Crippen LogP contribution in [0.3, 0.4) is 0 Å². The number of nitrogens with zero attached hydrogens (tertiary/aromatic N) is 4. The SMILES string of the molecule is CC.CC(C)(COc1ncccn1)Cn1cnc2ccc(-c3ccc(OC(F)(F)F)cc3)cc2c1=O. The third kappa shape index (κ3) is 7.03. The normalized spacial score (nSPS) is 11.5. The number of alkyl halides is 3. The highest BCUT2D eigenvalue weighted by Crippen LogP contribution is 2.28. The summed E-state index contributed by atoms with van der Waals surface area (Å²) in [4.78, 5) is 25.6. The van der Waals surface area contributed by atoms with E-state index in [0.717, 1.165) is 0 Å². The van der Waals surface area contributed by atoms with Gasteiger partial charge in [-0.05, 0) is 41.5 Å². The van der Waals surface area contributed by atoms with Crippen molar-refractivity contribution in [3.05, 3.63) is 77.6 Å². The largest absolute Gasteiger partial charge is 0.573 e. The van der Waals surface area contributed by atoms with Crippen molar-refractivity contribution in [2.24, 2.45) is 5.41 Å². The maximum atomic E-state index is 13.2. The lowest BCUT2D eigenvalue weighted by atomic mass is 9.94. The van der Waals surface area contributed by atoms with Gasteiger partial charge in [0.1, 0.15) is 5.75 Å². The van der Waals surface area contributed by atoms with E-state index in [1.54, 1.807) is 36.7 Å². The van der Waals surface area contributed by atoms with Crippen LogP contribution in [0.4, 0.5) is 13.2 Å². The second kappa shape index (κ2) is 11.2. The molecule has 10 heteroatoms. The van der Waals surface area contributed by atoms with Gasteiger partial charge in [0.25, 0.3) is 5.56 Å². The van der Waals surface area contributed by atoms with Crippen LogP contribution in [0.1, 0.15) is 27.7 Å². The molecule has 0 unspecified atom stereocenters. The first-order valence-electron chi connectivity index (χ1n) is 11.3. The summed E-state index contributed by atoms with van der Waals surface area (Å²) in [5, 5.41) is 0.402. The third-order valence-corrected chi connectivity index (χ3v) is 4.98. The van der Waals surface area contributed by atoms with Gasteiger partial charge < -0.3 is 9.47 Å². The van der Waals surface area contributed by atoms with Gasteiger partial charge in [-0.2, -0.15) is 0 Å². The van der Waals surface area contributed by atoms with Crippen molar-refractivity contribution < 1.29 is 22.6 Å². The number of ether oxygens (including phenoxy) is 2. The van der Waals surface area contributed by atoms with E-state index in [2.05, 4.69) is 19.7 Å². The minimum Gasteiger partial charge on any atom is -0.463 e. The lowest BCUT2D eigenvalue weighted by Crippen LogP contribution is -2.33. The maximum Gasteiger partial charge on any atom is 0.573 e. The number of hydrogen-bond acceptors (Lipinski definition) is 6. The average Bonchev–Trinajstić information content (AvgIpc) is 2.86. The van der Waals surface area contributed by atoms with E-state index in [4.69, 9.17) is 4.74 Å². The van der Waals surface area contributed by atoms with Gasteiger partial charge >= 0.3 is 12.4 Å². The van der Waals surface area contributed by atoms with Crippen molar-refractivity contribution in [3.63, 3.8) is 0 Å². The van der Waals surface area contributed by atoms with Crippen molar-refractivity contribution in [1.29, 1.82) is 0 Å². The highest BCUT2D eigenvalue weighted by Gasteiger charge is 2.31. The van der Waals surface area contributed by atoms with Crippen molar-refractivity contribution in [1.82, 2.24) is 19.5 Å². The van der Waals surface area contributed by atoms with Gasteiger partial charge in [-0.15, -0.1) is 13.2 Å². The summed E-state index contributed by atoms with van der Waals surface area (Å²) < 4.78 is 48.3. The molecule has 36 heavy (non-hydrogen) atoms. The van der Waals surface area contributed by atoms with E-state index < -0.39 is 11.8 Å². The molecule has 190 valence electrons. The van der Waals surface area contributed by atoms with Gasteiger partial charge in [0, 0.05) is 24.4 Å². The zero-order chi connectivity index (χ0) is 26.3. The molecule has 0 aliphatic rings. The highest BCUT2D eigenvalue weighted by molar-refractivity contribution is 5.83. The van der Waals surface area contributed by atoms with Crippen molar-refractivity contribution in [2.45, 2.75) is 40.6 Å². The molecule has 0 atom stereocenters. The molecular weight excluding hydrogens is 473 g/mol. The zero-order valence-corrected chi connectivity index (χ0v) is 20.4. The van der Waals surface area contributed by atoms with E-state index in [1.807, 2.05) is 27.7 Å². The van der Waals surface area contributed by atoms with Crippen LogP contribution in [-0.2, 0) is 6.54 Å². The number of fused-ring (bicyclic) bond motifs is 1. The van der Waals surface area contributed by atoms with Gasteiger partial charge in [-0.25, -0.2) is 15.0 Å². The van der Waals surface area contributed by atoms with Crippen LogP contribution >= 0.6 is 0 Å². The molecule has 0 saturated heterocycles. The molecule has 0 aliphatic heterocycles. The molecular formula is C26H27F3N4O3. The molecule has 0 spiro atoms. The van der Waals surface area contributed by atoms with E-state index >= 15 is 0 Å². The van der Waals surface area contributed by atoms with Crippen LogP contribution in [0, 0.1) is 5.41 Å². The molecule has 2 aromatic heterocycles. The van der Waals surface area contributed by atoms with Gasteiger partial charge in [-0.1, -0.05) is 45.9 Å². The third-order valence-electron chi connectivity index (χ3n) is 4.98. The summed E-state index contributed by atoms with van der Waals surface area (Å²) >= 11 is 0. The van der Waals surface area contributed by atoms with Gasteiger partial charge in [-0.3, -0.25) is 9.36 Å². The zero-order valence-electron chi connectivity index (χ0n) is 20.4. The number of hydrogen-bond donors (Lipinski definition) is 0. The Labute approximate surface area is 206 Å². The molecule has 7 nitrogen and oxygen atoms in total. The van der Waals surface area contributed by atoms with E-state index in [1.165, 1.54) is 35.2 Å². The monoisotopic (exact) mass is 500 g/mol. The summed E-state index contributed by atoms with van der Waals surface area (Å²) in [6, 6.07) is 12.6. The first-order valence-corrected chi connectivity index (χ1v) is 11.3. The van der Waals surface area contributed by atoms with Crippen LogP contribution in [-0.4, -0.2) is 32.5 Å². The Kier molecular flexibility index (Phi) is 8.29. The summed E-state index contributed by atoms with van der Waals surface area (Å²) in [6.45, 7) is 8.53. The molecule has 0 amide bonds. The Balaban J connectivity index is 0.00000176. The second-order valence-corrected chi connectivity index (χ2v) is 8.47. The van der Waals surface area contributed by atoms with Gasteiger partial charge in [0.05, 0.1) is 23.8 Å². The Morgan fingerprint density at radius 3 is 2.19 bits per heavy atom. The molecule has 0 bridgehead atoms. The van der Waals surface area contributed by atoms with Gasteiger partial charge in [0.2, 0.25) is 0 Å². The van der Waals surface area contributed by atoms with E-state index in [0.29, 0.717) is 28.6 Å². The van der Waals surface area contributed by atoms with Crippen LogP contribution in [0.15, 0.2) is 72.0 Å². The topological polar surface area (TPSA) is 79.1 Å². The summed E-state index contributed by atoms with van der Waals surface area (Å²) in [7, 11) is 0. The fraction of sp³-hybridized carbons (Fsp3) is 0.308. The number of halogens is 3. The number of rotatable bonds is 7. The minimum atomic E-state index is -4.76. The maximum absolute atomic E-state index is 13.2. The molecule has 0 saturated carbocycles. The molecule has 2 aromatic carbocycles. The first kappa shape index (κ1) is 26.7. The molecule has 4 aromatic rings. The van der Waals surface area contributed by atoms with Crippen LogP contribution in [0.5, 0.6) is 11.8 Å². The van der Waals surface area contributed by atoms with E-state index in [-0.39, 0.29) is 23.9 Å². The lowest BCUT2D eigenvalue weighted by Gasteiger charge is -2.25. The van der Waals surface area contributed by atoms with E-state index in [9.17, 15) is 18.0 Å². The number of benzene rings is 2. The first-order chi connectivity index (χ1) is 17.1. The summed E-state index contributed by atoms with van der Waals surface area (Å²) in [5.41, 5.74) is 1.18. The quantitative estimate of drug-likeness (QED) is 0.315.